The van der Waals surface area contributed by atoms with E-state index in [1.165, 1.54) is 0 Å². The van der Waals surface area contributed by atoms with Crippen LogP contribution in [0.3, 0.4) is 0 Å². The molecule has 0 aromatic rings. The lowest BCUT2D eigenvalue weighted by Gasteiger charge is -2.40. The van der Waals surface area contributed by atoms with Crippen LogP contribution in [0.1, 0.15) is 26.2 Å². The maximum absolute atomic E-state index is 11.5. The molecule has 0 aromatic heterocycles. The highest BCUT2D eigenvalue weighted by Gasteiger charge is 2.46. The van der Waals surface area contributed by atoms with Crippen LogP contribution < -0.4 is 5.32 Å². The summed E-state index contributed by atoms with van der Waals surface area (Å²) in [5.41, 5.74) is 1.15. The molecule has 1 aliphatic carbocycles. The number of hydrogen-bond acceptors (Lipinski definition) is 4. The zero-order chi connectivity index (χ0) is 12.7. The zero-order valence-corrected chi connectivity index (χ0v) is 10.7. The first-order valence-electron chi connectivity index (χ1n) is 6.88. The molecule has 0 bridgehead atoms. The number of carbonyl (C=O) groups excluding carboxylic acids is 1. The van der Waals surface area contributed by atoms with Crippen LogP contribution in [0, 0.1) is 35.0 Å². The van der Waals surface area contributed by atoms with Gasteiger partial charge in [-0.3, -0.25) is 9.79 Å². The van der Waals surface area contributed by atoms with Crippen molar-refractivity contribution >= 4 is 11.5 Å². The van der Waals surface area contributed by atoms with Crippen molar-refractivity contribution in [3.8, 4) is 6.07 Å². The van der Waals surface area contributed by atoms with Gasteiger partial charge in [-0.25, -0.2) is 0 Å². The SMILES string of the molecule is CC(=O)C1CCC2C(=N1)C[C@@H]1CNC[C@H]1C2C#N. The Morgan fingerprint density at radius 3 is 3.00 bits per heavy atom. The molecule has 4 heteroatoms. The summed E-state index contributed by atoms with van der Waals surface area (Å²) >= 11 is 0. The fourth-order valence-electron chi connectivity index (χ4n) is 3.90. The number of ketones is 1. The Bertz CT molecular complexity index is 437. The molecule has 18 heavy (non-hydrogen) atoms. The monoisotopic (exact) mass is 245 g/mol. The Hall–Kier alpha value is -1.21. The minimum Gasteiger partial charge on any atom is -0.316 e. The molecule has 4 nitrogen and oxygen atoms in total. The van der Waals surface area contributed by atoms with E-state index in [1.807, 2.05) is 0 Å². The molecule has 0 amide bonds. The topological polar surface area (TPSA) is 65.2 Å². The number of nitriles is 1. The third-order valence-electron chi connectivity index (χ3n) is 4.88. The summed E-state index contributed by atoms with van der Waals surface area (Å²) in [5, 5.41) is 12.9. The van der Waals surface area contributed by atoms with Gasteiger partial charge in [0.15, 0.2) is 5.78 Å². The van der Waals surface area contributed by atoms with Crippen LogP contribution in [0.4, 0.5) is 0 Å². The number of nitrogens with zero attached hydrogens (tertiary/aromatic N) is 2. The Morgan fingerprint density at radius 2 is 2.28 bits per heavy atom. The Morgan fingerprint density at radius 1 is 1.44 bits per heavy atom. The molecule has 0 radical (unpaired) electrons. The number of hydrogen-bond donors (Lipinski definition) is 1. The van der Waals surface area contributed by atoms with E-state index in [0.717, 1.165) is 38.1 Å². The van der Waals surface area contributed by atoms with Crippen molar-refractivity contribution in [3.63, 3.8) is 0 Å². The summed E-state index contributed by atoms with van der Waals surface area (Å²) in [6.07, 6.45) is 2.78. The summed E-state index contributed by atoms with van der Waals surface area (Å²) in [5.74, 6) is 1.63. The third-order valence-corrected chi connectivity index (χ3v) is 4.88. The number of fused-ring (bicyclic) bond motifs is 2. The van der Waals surface area contributed by atoms with E-state index in [1.54, 1.807) is 6.92 Å². The van der Waals surface area contributed by atoms with Crippen molar-refractivity contribution in [1.29, 1.82) is 5.26 Å². The van der Waals surface area contributed by atoms with Crippen LogP contribution >= 0.6 is 0 Å². The molecule has 3 rings (SSSR count). The quantitative estimate of drug-likeness (QED) is 0.754. The average molecular weight is 245 g/mol. The molecule has 5 atom stereocenters. The van der Waals surface area contributed by atoms with Gasteiger partial charge < -0.3 is 5.32 Å². The van der Waals surface area contributed by atoms with E-state index in [0.29, 0.717) is 17.8 Å². The fourth-order valence-corrected chi connectivity index (χ4v) is 3.90. The van der Waals surface area contributed by atoms with E-state index < -0.39 is 0 Å². The number of nitrogens with one attached hydrogen (secondary N) is 1. The molecule has 96 valence electrons. The predicted octanol–water partition coefficient (Wildman–Crippen LogP) is 1.17. The second-order valence-electron chi connectivity index (χ2n) is 5.87. The van der Waals surface area contributed by atoms with Gasteiger partial charge in [0.1, 0.15) is 6.04 Å². The molecular weight excluding hydrogens is 226 g/mol. The van der Waals surface area contributed by atoms with Crippen LogP contribution in [0.15, 0.2) is 4.99 Å². The smallest absolute Gasteiger partial charge is 0.154 e. The molecule has 1 saturated heterocycles. The second kappa shape index (κ2) is 4.47. The standard InChI is InChI=1S/C14H19N3O/c1-8(18)13-3-2-10-11(5-15)12-7-16-6-9(12)4-14(10)17-13/h9-13,16H,2-4,6-7H2,1H3/t9-,10?,11?,12-,13?/m1/s1. The second-order valence-corrected chi connectivity index (χ2v) is 5.87. The van der Waals surface area contributed by atoms with Crippen LogP contribution in [0.5, 0.6) is 0 Å². The number of rotatable bonds is 1. The van der Waals surface area contributed by atoms with Gasteiger partial charge in [-0.15, -0.1) is 0 Å². The number of carbonyl (C=O) groups is 1. The highest BCUT2D eigenvalue weighted by atomic mass is 16.1. The minimum atomic E-state index is -0.137. The van der Waals surface area contributed by atoms with E-state index >= 15 is 0 Å². The summed E-state index contributed by atoms with van der Waals surface area (Å²) in [7, 11) is 0. The van der Waals surface area contributed by atoms with Gasteiger partial charge in [-0.1, -0.05) is 0 Å². The average Bonchev–Trinajstić information content (AvgIpc) is 2.82. The molecule has 0 spiro atoms. The van der Waals surface area contributed by atoms with Crippen molar-refractivity contribution in [3.05, 3.63) is 0 Å². The summed E-state index contributed by atoms with van der Waals surface area (Å²) < 4.78 is 0. The van der Waals surface area contributed by atoms with Gasteiger partial charge in [0, 0.05) is 11.6 Å². The lowest BCUT2D eigenvalue weighted by Crippen LogP contribution is -2.43. The lowest BCUT2D eigenvalue weighted by molar-refractivity contribution is -0.118. The highest BCUT2D eigenvalue weighted by Crippen LogP contribution is 2.43. The molecule has 3 unspecified atom stereocenters. The Kier molecular flexibility index (Phi) is 2.95. The van der Waals surface area contributed by atoms with Crippen LogP contribution in [0.25, 0.3) is 0 Å². The van der Waals surface area contributed by atoms with Gasteiger partial charge in [0.05, 0.1) is 12.0 Å². The molecule has 2 aliphatic heterocycles. The fraction of sp³-hybridized carbons (Fsp3) is 0.786. The minimum absolute atomic E-state index is 0.102. The van der Waals surface area contributed by atoms with Crippen molar-refractivity contribution in [1.82, 2.24) is 5.32 Å². The van der Waals surface area contributed by atoms with Crippen molar-refractivity contribution in [2.75, 3.05) is 13.1 Å². The predicted molar refractivity (Wildman–Crippen MR) is 68.2 cm³/mol. The molecule has 3 aliphatic rings. The Balaban J connectivity index is 1.90. The van der Waals surface area contributed by atoms with E-state index in [4.69, 9.17) is 0 Å². The number of aliphatic imine (C=N–C) groups is 1. The van der Waals surface area contributed by atoms with E-state index in [-0.39, 0.29) is 17.7 Å². The molecule has 1 saturated carbocycles. The van der Waals surface area contributed by atoms with Crippen molar-refractivity contribution in [2.24, 2.45) is 28.7 Å². The summed E-state index contributed by atoms with van der Waals surface area (Å²) in [6.45, 7) is 3.60. The maximum Gasteiger partial charge on any atom is 0.154 e. The van der Waals surface area contributed by atoms with Gasteiger partial charge >= 0.3 is 0 Å². The first-order valence-corrected chi connectivity index (χ1v) is 6.88. The van der Waals surface area contributed by atoms with Crippen molar-refractivity contribution in [2.45, 2.75) is 32.2 Å². The van der Waals surface area contributed by atoms with E-state index in [2.05, 4.69) is 16.4 Å². The van der Waals surface area contributed by atoms with Gasteiger partial charge in [-0.2, -0.15) is 5.26 Å². The van der Waals surface area contributed by atoms with Crippen LogP contribution in [-0.4, -0.2) is 30.6 Å². The summed E-state index contributed by atoms with van der Waals surface area (Å²) in [4.78, 5) is 16.1. The van der Waals surface area contributed by atoms with Crippen molar-refractivity contribution < 1.29 is 4.79 Å². The largest absolute Gasteiger partial charge is 0.316 e. The van der Waals surface area contributed by atoms with E-state index in [9.17, 15) is 10.1 Å². The lowest BCUT2D eigenvalue weighted by atomic mass is 9.65. The van der Waals surface area contributed by atoms with Gasteiger partial charge in [0.2, 0.25) is 0 Å². The summed E-state index contributed by atoms with van der Waals surface area (Å²) in [6, 6.07) is 2.38. The maximum atomic E-state index is 11.5. The molecule has 2 fully saturated rings. The highest BCUT2D eigenvalue weighted by molar-refractivity contribution is 5.93. The molecule has 2 heterocycles. The molecule has 0 aromatic carbocycles. The third kappa shape index (κ3) is 1.78. The molecule has 1 N–H and O–H groups in total. The van der Waals surface area contributed by atoms with Crippen LogP contribution in [-0.2, 0) is 4.79 Å². The van der Waals surface area contributed by atoms with Gasteiger partial charge in [0.25, 0.3) is 0 Å². The first-order chi connectivity index (χ1) is 8.70. The first kappa shape index (κ1) is 11.9. The zero-order valence-electron chi connectivity index (χ0n) is 10.7. The van der Waals surface area contributed by atoms with Gasteiger partial charge in [-0.05, 0) is 51.1 Å². The normalized spacial score (nSPS) is 42.4. The van der Waals surface area contributed by atoms with Crippen LogP contribution in [0.2, 0.25) is 0 Å². The molecular formula is C14H19N3O. The number of Topliss-reactive ketones (excluding diaryl/α,β-unsaturated/α-hetero) is 1. The Labute approximate surface area is 107 Å².